The first kappa shape index (κ1) is 19.2. The highest BCUT2D eigenvalue weighted by Gasteiger charge is 2.35. The Kier molecular flexibility index (Phi) is 5.99. The first-order chi connectivity index (χ1) is 13.0. The summed E-state index contributed by atoms with van der Waals surface area (Å²) < 4.78 is 1.64. The molecule has 0 spiro atoms. The van der Waals surface area contributed by atoms with Gasteiger partial charge in [-0.05, 0) is 42.7 Å². The van der Waals surface area contributed by atoms with Crippen molar-refractivity contribution in [2.75, 3.05) is 18.4 Å². The lowest BCUT2D eigenvalue weighted by atomic mass is 9.83. The number of benzene rings is 1. The van der Waals surface area contributed by atoms with Crippen molar-refractivity contribution in [3.05, 3.63) is 64.6 Å². The molecule has 1 N–H and O–H groups in total. The fourth-order valence-corrected chi connectivity index (χ4v) is 3.72. The second-order valence-corrected chi connectivity index (χ2v) is 7.85. The third kappa shape index (κ3) is 5.00. The van der Waals surface area contributed by atoms with Crippen LogP contribution in [0.1, 0.15) is 38.7 Å². The number of carbonyl (C=O) groups is 1. The summed E-state index contributed by atoms with van der Waals surface area (Å²) >= 11 is 0. The molecule has 27 heavy (non-hydrogen) atoms. The predicted molar refractivity (Wildman–Crippen MR) is 109 cm³/mol. The Hall–Kier alpha value is -2.56. The number of aryl methyl sites for hydroxylation is 2. The molecule has 2 aromatic rings. The number of likely N-dealkylation sites (tertiary alicyclic amines) is 1. The van der Waals surface area contributed by atoms with Crippen molar-refractivity contribution in [2.45, 2.75) is 46.1 Å². The molecule has 2 heterocycles. The lowest BCUT2D eigenvalue weighted by Gasteiger charge is -2.25. The van der Waals surface area contributed by atoms with Crippen LogP contribution in [0.25, 0.3) is 0 Å². The second-order valence-electron chi connectivity index (χ2n) is 7.85. The fourth-order valence-electron chi connectivity index (χ4n) is 3.72. The van der Waals surface area contributed by atoms with Crippen LogP contribution in [-0.2, 0) is 13.0 Å². The topological polar surface area (TPSA) is 54.3 Å². The minimum Gasteiger partial charge on any atom is -0.324 e. The molecule has 1 saturated heterocycles. The van der Waals surface area contributed by atoms with Crippen molar-refractivity contribution in [1.82, 2.24) is 9.47 Å². The van der Waals surface area contributed by atoms with Crippen LogP contribution in [0.15, 0.2) is 53.5 Å². The van der Waals surface area contributed by atoms with Crippen LogP contribution >= 0.6 is 0 Å². The number of carbonyl (C=O) groups excluding carboxylic acids is 1. The number of nitrogens with zero attached hydrogens (tertiary/aromatic N) is 2. The lowest BCUT2D eigenvalue weighted by molar-refractivity contribution is 0.213. The normalized spacial score (nSPS) is 19.3. The lowest BCUT2D eigenvalue weighted by Crippen LogP contribution is -2.35. The average Bonchev–Trinajstić information content (AvgIpc) is 3.07. The average molecular weight is 367 g/mol. The highest BCUT2D eigenvalue weighted by Crippen LogP contribution is 2.34. The van der Waals surface area contributed by atoms with Gasteiger partial charge in [0.25, 0.3) is 5.56 Å². The van der Waals surface area contributed by atoms with Crippen LogP contribution in [0.5, 0.6) is 0 Å². The highest BCUT2D eigenvalue weighted by atomic mass is 16.2. The van der Waals surface area contributed by atoms with Crippen LogP contribution < -0.4 is 10.9 Å². The molecule has 0 bridgehead atoms. The minimum absolute atomic E-state index is 0.0375. The molecule has 1 aliphatic rings. The summed E-state index contributed by atoms with van der Waals surface area (Å²) in [6, 6.07) is 13.6. The summed E-state index contributed by atoms with van der Waals surface area (Å²) in [5.74, 6) is 0. The number of aromatic nitrogens is 1. The zero-order chi connectivity index (χ0) is 19.3. The monoisotopic (exact) mass is 367 g/mol. The van der Waals surface area contributed by atoms with Crippen molar-refractivity contribution >= 4 is 11.7 Å². The number of hydrogen-bond acceptors (Lipinski definition) is 2. The quantitative estimate of drug-likeness (QED) is 0.834. The van der Waals surface area contributed by atoms with Crippen LogP contribution in [-0.4, -0.2) is 28.6 Å². The van der Waals surface area contributed by atoms with Gasteiger partial charge in [0, 0.05) is 31.9 Å². The maximum Gasteiger partial charge on any atom is 0.321 e. The first-order valence-corrected chi connectivity index (χ1v) is 9.79. The number of urea groups is 1. The summed E-state index contributed by atoms with van der Waals surface area (Å²) in [5, 5.41) is 2.95. The molecule has 1 atom stereocenters. The number of amides is 2. The molecule has 144 valence electrons. The van der Waals surface area contributed by atoms with Crippen molar-refractivity contribution in [3.63, 3.8) is 0 Å². The SMILES string of the molecule is CCCn1cc(NC(=O)N2CCC(C)(CCc3ccccc3)C2)ccc1=O. The van der Waals surface area contributed by atoms with E-state index in [1.165, 1.54) is 11.6 Å². The van der Waals surface area contributed by atoms with E-state index in [9.17, 15) is 9.59 Å². The van der Waals surface area contributed by atoms with Gasteiger partial charge in [0.1, 0.15) is 0 Å². The zero-order valence-corrected chi connectivity index (χ0v) is 16.3. The maximum atomic E-state index is 12.7. The van der Waals surface area contributed by atoms with E-state index in [1.54, 1.807) is 16.8 Å². The van der Waals surface area contributed by atoms with E-state index in [-0.39, 0.29) is 17.0 Å². The third-order valence-corrected chi connectivity index (χ3v) is 5.40. The summed E-state index contributed by atoms with van der Waals surface area (Å²) in [6.07, 6.45) is 5.73. The fraction of sp³-hybridized carbons (Fsp3) is 0.455. The van der Waals surface area contributed by atoms with Gasteiger partial charge in [-0.2, -0.15) is 0 Å². The van der Waals surface area contributed by atoms with E-state index >= 15 is 0 Å². The van der Waals surface area contributed by atoms with Gasteiger partial charge in [-0.1, -0.05) is 44.2 Å². The van der Waals surface area contributed by atoms with Gasteiger partial charge < -0.3 is 14.8 Å². The van der Waals surface area contributed by atoms with Crippen molar-refractivity contribution in [1.29, 1.82) is 0 Å². The second kappa shape index (κ2) is 8.42. The number of rotatable bonds is 6. The van der Waals surface area contributed by atoms with Crippen molar-refractivity contribution < 1.29 is 4.79 Å². The van der Waals surface area contributed by atoms with E-state index in [0.29, 0.717) is 12.2 Å². The van der Waals surface area contributed by atoms with Gasteiger partial charge in [-0.25, -0.2) is 4.79 Å². The van der Waals surface area contributed by atoms with Gasteiger partial charge in [-0.15, -0.1) is 0 Å². The molecule has 1 fully saturated rings. The van der Waals surface area contributed by atoms with E-state index < -0.39 is 0 Å². The molecule has 0 radical (unpaired) electrons. The zero-order valence-electron chi connectivity index (χ0n) is 16.3. The molecule has 3 rings (SSSR count). The van der Waals surface area contributed by atoms with E-state index in [0.717, 1.165) is 38.8 Å². The molecule has 5 heteroatoms. The first-order valence-electron chi connectivity index (χ1n) is 9.79. The molecule has 1 aromatic heterocycles. The number of nitrogens with one attached hydrogen (secondary N) is 1. The molecular formula is C22H29N3O2. The van der Waals surface area contributed by atoms with E-state index in [1.807, 2.05) is 17.9 Å². The van der Waals surface area contributed by atoms with Crippen LogP contribution in [0, 0.1) is 5.41 Å². The van der Waals surface area contributed by atoms with Crippen molar-refractivity contribution in [3.8, 4) is 0 Å². The summed E-state index contributed by atoms with van der Waals surface area (Å²) in [7, 11) is 0. The van der Waals surface area contributed by atoms with Crippen LogP contribution in [0.2, 0.25) is 0 Å². The Morgan fingerprint density at radius 3 is 2.70 bits per heavy atom. The largest absolute Gasteiger partial charge is 0.324 e. The number of pyridine rings is 1. The Morgan fingerprint density at radius 2 is 1.96 bits per heavy atom. The Morgan fingerprint density at radius 1 is 1.19 bits per heavy atom. The molecule has 2 amide bonds. The maximum absolute atomic E-state index is 12.7. The highest BCUT2D eigenvalue weighted by molar-refractivity contribution is 5.89. The Balaban J connectivity index is 1.57. The number of anilines is 1. The van der Waals surface area contributed by atoms with Crippen LogP contribution in [0.4, 0.5) is 10.5 Å². The summed E-state index contributed by atoms with van der Waals surface area (Å²) in [5.41, 5.74) is 2.13. The van der Waals surface area contributed by atoms with Gasteiger partial charge in [0.2, 0.25) is 0 Å². The molecular weight excluding hydrogens is 338 g/mol. The smallest absolute Gasteiger partial charge is 0.321 e. The van der Waals surface area contributed by atoms with Gasteiger partial charge in [-0.3, -0.25) is 4.79 Å². The Labute approximate surface area is 161 Å². The molecule has 5 nitrogen and oxygen atoms in total. The number of hydrogen-bond donors (Lipinski definition) is 1. The van der Waals surface area contributed by atoms with Crippen molar-refractivity contribution in [2.24, 2.45) is 5.41 Å². The van der Waals surface area contributed by atoms with E-state index in [4.69, 9.17) is 0 Å². The summed E-state index contributed by atoms with van der Waals surface area (Å²) in [6.45, 7) is 6.48. The van der Waals surface area contributed by atoms with Crippen LogP contribution in [0.3, 0.4) is 0 Å². The predicted octanol–water partition coefficient (Wildman–Crippen LogP) is 4.14. The van der Waals surface area contributed by atoms with E-state index in [2.05, 4.69) is 36.5 Å². The Bertz CT molecular complexity index is 831. The van der Waals surface area contributed by atoms with Gasteiger partial charge in [0.15, 0.2) is 0 Å². The molecule has 1 aliphatic heterocycles. The van der Waals surface area contributed by atoms with Gasteiger partial charge in [0.05, 0.1) is 5.69 Å². The molecule has 1 aromatic carbocycles. The standard InChI is InChI=1S/C22H29N3O2/c1-3-14-24-16-19(9-10-20(24)26)23-21(27)25-15-13-22(2,17-25)12-11-18-7-5-4-6-8-18/h4-10,16H,3,11-15,17H2,1-2H3,(H,23,27). The molecule has 0 saturated carbocycles. The third-order valence-electron chi connectivity index (χ3n) is 5.40. The molecule has 0 aliphatic carbocycles. The molecule has 1 unspecified atom stereocenters. The van der Waals surface area contributed by atoms with Gasteiger partial charge >= 0.3 is 6.03 Å². The summed E-state index contributed by atoms with van der Waals surface area (Å²) in [4.78, 5) is 26.4. The minimum atomic E-state index is -0.0832.